The molecule has 1 aliphatic rings. The Morgan fingerprint density at radius 3 is 2.80 bits per heavy atom. The summed E-state index contributed by atoms with van der Waals surface area (Å²) < 4.78 is 12.0. The van der Waals surface area contributed by atoms with Crippen LogP contribution < -0.4 is 20.1 Å². The van der Waals surface area contributed by atoms with Gasteiger partial charge in [0.05, 0.1) is 33.9 Å². The van der Waals surface area contributed by atoms with E-state index in [-0.39, 0.29) is 11.9 Å². The number of amides is 1. The highest BCUT2D eigenvalue weighted by atomic mass is 35.5. The second-order valence-electron chi connectivity index (χ2n) is 9.83. The lowest BCUT2D eigenvalue weighted by Gasteiger charge is -2.17. The van der Waals surface area contributed by atoms with E-state index in [4.69, 9.17) is 21.1 Å². The van der Waals surface area contributed by atoms with Crippen molar-refractivity contribution in [1.29, 1.82) is 0 Å². The molecule has 0 spiro atoms. The van der Waals surface area contributed by atoms with Gasteiger partial charge in [0, 0.05) is 24.0 Å². The molecule has 0 saturated carbocycles. The van der Waals surface area contributed by atoms with Gasteiger partial charge in [0.25, 0.3) is 0 Å². The number of pyridine rings is 1. The number of likely N-dealkylation sites (N-methyl/N-ethyl adjacent to an activating group) is 1. The molecule has 1 atom stereocenters. The standard InChI is InChI=1S/C31H33ClN6O3/c1-3-17-40-30-26(37-28(39)14-10-23-8-6-16-38(23)2)12-11-25-29(30)31(35-20-34-25)36-21-9-13-27(24(32)18-21)41-19-22-7-4-5-15-33-22/h4-5,7,9-15,18,20,23H,3,6,8,16-17,19H2,1-2H3,(H,37,39)(H,34,35,36). The van der Waals surface area contributed by atoms with Crippen LogP contribution in [-0.4, -0.2) is 52.0 Å². The first-order valence-electron chi connectivity index (χ1n) is 13.7. The van der Waals surface area contributed by atoms with Gasteiger partial charge in [-0.3, -0.25) is 14.7 Å². The second kappa shape index (κ2) is 13.4. The Bertz CT molecular complexity index is 1530. The molecular formula is C31H33ClN6O3. The van der Waals surface area contributed by atoms with Gasteiger partial charge in [-0.05, 0) is 75.3 Å². The van der Waals surface area contributed by atoms with Crippen molar-refractivity contribution in [3.05, 3.63) is 83.9 Å². The van der Waals surface area contributed by atoms with Crippen molar-refractivity contribution >= 4 is 45.6 Å². The Hall–Kier alpha value is -4.21. The number of halogens is 1. The number of fused-ring (bicyclic) bond motifs is 1. The Balaban J connectivity index is 1.39. The Kier molecular flexibility index (Phi) is 9.28. The third-order valence-electron chi connectivity index (χ3n) is 6.81. The largest absolute Gasteiger partial charge is 0.491 e. The van der Waals surface area contributed by atoms with E-state index in [2.05, 4.69) is 37.5 Å². The van der Waals surface area contributed by atoms with E-state index >= 15 is 0 Å². The fraction of sp³-hybridized carbons (Fsp3) is 0.290. The lowest BCUT2D eigenvalue weighted by Crippen LogP contribution is -2.23. The molecule has 0 bridgehead atoms. The molecule has 9 nitrogen and oxygen atoms in total. The first-order valence-corrected chi connectivity index (χ1v) is 14.1. The number of aromatic nitrogens is 3. The summed E-state index contributed by atoms with van der Waals surface area (Å²) in [5, 5.41) is 7.43. The van der Waals surface area contributed by atoms with Gasteiger partial charge in [0.1, 0.15) is 24.5 Å². The van der Waals surface area contributed by atoms with Gasteiger partial charge < -0.3 is 20.1 Å². The summed E-state index contributed by atoms with van der Waals surface area (Å²) >= 11 is 6.55. The normalized spacial score (nSPS) is 15.3. The lowest BCUT2D eigenvalue weighted by atomic mass is 10.1. The molecule has 1 amide bonds. The maximum atomic E-state index is 12.9. The third-order valence-corrected chi connectivity index (χ3v) is 7.10. The summed E-state index contributed by atoms with van der Waals surface area (Å²) in [7, 11) is 2.07. The molecule has 1 unspecified atom stereocenters. The predicted octanol–water partition coefficient (Wildman–Crippen LogP) is 6.38. The molecule has 4 aromatic rings. The molecule has 2 aromatic heterocycles. The number of likely N-dealkylation sites (tertiary alicyclic amines) is 1. The summed E-state index contributed by atoms with van der Waals surface area (Å²) in [5.41, 5.74) is 2.74. The number of hydrogen-bond acceptors (Lipinski definition) is 8. The van der Waals surface area contributed by atoms with Gasteiger partial charge in [0.15, 0.2) is 5.75 Å². The molecular weight excluding hydrogens is 540 g/mol. The monoisotopic (exact) mass is 572 g/mol. The van der Waals surface area contributed by atoms with Gasteiger partial charge >= 0.3 is 0 Å². The van der Waals surface area contributed by atoms with Crippen LogP contribution in [0.1, 0.15) is 31.9 Å². The van der Waals surface area contributed by atoms with Crippen LogP contribution in [0.4, 0.5) is 17.2 Å². The molecule has 0 radical (unpaired) electrons. The minimum atomic E-state index is -0.217. The molecule has 41 heavy (non-hydrogen) atoms. The van der Waals surface area contributed by atoms with Crippen LogP contribution in [-0.2, 0) is 11.4 Å². The van der Waals surface area contributed by atoms with Crippen LogP contribution >= 0.6 is 11.6 Å². The van der Waals surface area contributed by atoms with Gasteiger partial charge in [-0.2, -0.15) is 0 Å². The van der Waals surface area contributed by atoms with Crippen molar-refractivity contribution in [2.75, 3.05) is 30.8 Å². The minimum Gasteiger partial charge on any atom is -0.491 e. The maximum absolute atomic E-state index is 12.9. The van der Waals surface area contributed by atoms with Crippen LogP contribution in [0, 0.1) is 0 Å². The Morgan fingerprint density at radius 2 is 2.05 bits per heavy atom. The van der Waals surface area contributed by atoms with Gasteiger partial charge in [-0.15, -0.1) is 0 Å². The first kappa shape index (κ1) is 28.3. The maximum Gasteiger partial charge on any atom is 0.248 e. The SMILES string of the molecule is CCCOc1c(NC(=O)C=CC2CCCN2C)ccc2ncnc(Nc3ccc(OCc4ccccn4)c(Cl)c3)c12. The molecule has 3 heterocycles. The van der Waals surface area contributed by atoms with Crippen LogP contribution in [0.3, 0.4) is 0 Å². The van der Waals surface area contributed by atoms with Crippen LogP contribution in [0.15, 0.2) is 73.2 Å². The van der Waals surface area contributed by atoms with Crippen molar-refractivity contribution in [1.82, 2.24) is 19.9 Å². The van der Waals surface area contributed by atoms with E-state index < -0.39 is 0 Å². The van der Waals surface area contributed by atoms with E-state index in [1.165, 1.54) is 6.33 Å². The number of anilines is 3. The molecule has 2 aromatic carbocycles. The first-order chi connectivity index (χ1) is 20.0. The topological polar surface area (TPSA) is 102 Å². The van der Waals surface area contributed by atoms with E-state index in [1.807, 2.05) is 49.4 Å². The van der Waals surface area contributed by atoms with E-state index in [9.17, 15) is 4.79 Å². The van der Waals surface area contributed by atoms with Crippen molar-refractivity contribution < 1.29 is 14.3 Å². The highest BCUT2D eigenvalue weighted by Gasteiger charge is 2.19. The van der Waals surface area contributed by atoms with Crippen LogP contribution in [0.25, 0.3) is 10.9 Å². The molecule has 212 valence electrons. The highest BCUT2D eigenvalue weighted by molar-refractivity contribution is 6.32. The summed E-state index contributed by atoms with van der Waals surface area (Å²) in [6.45, 7) is 3.84. The molecule has 2 N–H and O–H groups in total. The van der Waals surface area contributed by atoms with Crippen molar-refractivity contribution in [3.8, 4) is 11.5 Å². The number of nitrogens with zero attached hydrogens (tertiary/aromatic N) is 4. The van der Waals surface area contributed by atoms with E-state index in [1.54, 1.807) is 24.4 Å². The van der Waals surface area contributed by atoms with E-state index in [0.29, 0.717) is 57.8 Å². The summed E-state index contributed by atoms with van der Waals surface area (Å²) in [6.07, 6.45) is 9.74. The fourth-order valence-electron chi connectivity index (χ4n) is 4.69. The fourth-order valence-corrected chi connectivity index (χ4v) is 4.92. The number of carbonyl (C=O) groups excluding carboxylic acids is 1. The highest BCUT2D eigenvalue weighted by Crippen LogP contribution is 2.39. The van der Waals surface area contributed by atoms with Gasteiger partial charge in [-0.25, -0.2) is 9.97 Å². The number of benzene rings is 2. The molecule has 5 rings (SSSR count). The molecule has 1 fully saturated rings. The molecule has 1 aliphatic heterocycles. The average molecular weight is 573 g/mol. The second-order valence-corrected chi connectivity index (χ2v) is 10.2. The lowest BCUT2D eigenvalue weighted by molar-refractivity contribution is -0.112. The predicted molar refractivity (Wildman–Crippen MR) is 162 cm³/mol. The summed E-state index contributed by atoms with van der Waals surface area (Å²) in [5.74, 6) is 1.36. The quantitative estimate of drug-likeness (QED) is 0.200. The summed E-state index contributed by atoms with van der Waals surface area (Å²) in [6, 6.07) is 15.0. The van der Waals surface area contributed by atoms with Gasteiger partial charge in [0.2, 0.25) is 5.91 Å². The number of carbonyl (C=O) groups is 1. The number of hydrogen-bond donors (Lipinski definition) is 2. The number of ether oxygens (including phenoxy) is 2. The Morgan fingerprint density at radius 1 is 1.15 bits per heavy atom. The zero-order chi connectivity index (χ0) is 28.6. The minimum absolute atomic E-state index is 0.217. The Labute approximate surface area is 244 Å². The van der Waals surface area contributed by atoms with Crippen molar-refractivity contribution in [2.24, 2.45) is 0 Å². The molecule has 0 aliphatic carbocycles. The zero-order valence-corrected chi connectivity index (χ0v) is 23.9. The number of nitrogens with one attached hydrogen (secondary N) is 2. The average Bonchev–Trinajstić information content (AvgIpc) is 3.40. The van der Waals surface area contributed by atoms with Crippen molar-refractivity contribution in [2.45, 2.75) is 38.8 Å². The van der Waals surface area contributed by atoms with Crippen molar-refractivity contribution in [3.63, 3.8) is 0 Å². The smallest absolute Gasteiger partial charge is 0.248 e. The van der Waals surface area contributed by atoms with Gasteiger partial charge in [-0.1, -0.05) is 30.7 Å². The third kappa shape index (κ3) is 7.11. The molecule has 1 saturated heterocycles. The van der Waals surface area contributed by atoms with Crippen LogP contribution in [0.2, 0.25) is 5.02 Å². The van der Waals surface area contributed by atoms with E-state index in [0.717, 1.165) is 31.5 Å². The van der Waals surface area contributed by atoms with Crippen LogP contribution in [0.5, 0.6) is 11.5 Å². The number of rotatable bonds is 11. The summed E-state index contributed by atoms with van der Waals surface area (Å²) in [4.78, 5) is 28.3. The zero-order valence-electron chi connectivity index (χ0n) is 23.1. The molecule has 10 heteroatoms.